The number of aromatic amines is 1. The van der Waals surface area contributed by atoms with E-state index >= 15 is 0 Å². The topological polar surface area (TPSA) is 103 Å². The van der Waals surface area contributed by atoms with Gasteiger partial charge in [-0.15, -0.1) is 0 Å². The molecule has 6 rings (SSSR count). The number of pyridine rings is 3. The largest absolute Gasteiger partial charge is 0.346 e. The highest BCUT2D eigenvalue weighted by Crippen LogP contribution is 2.14. The Hall–Kier alpha value is -4.92. The molecule has 0 aliphatic heterocycles. The number of aryl methyl sites for hydroxylation is 6. The maximum absolute atomic E-state index is 4.37. The van der Waals surface area contributed by atoms with Gasteiger partial charge in [-0.2, -0.15) is 0 Å². The van der Waals surface area contributed by atoms with E-state index in [1.165, 1.54) is 39.6 Å². The van der Waals surface area contributed by atoms with Crippen LogP contribution in [0.15, 0.2) is 86.1 Å². The summed E-state index contributed by atoms with van der Waals surface area (Å²) in [5.74, 6) is 4.31. The molecule has 0 fully saturated rings. The molecule has 328 valence electrons. The Morgan fingerprint density at radius 3 is 1.44 bits per heavy atom. The van der Waals surface area contributed by atoms with Crippen LogP contribution >= 0.6 is 0 Å². The van der Waals surface area contributed by atoms with Crippen molar-refractivity contribution >= 4 is 0 Å². The van der Waals surface area contributed by atoms with Crippen molar-refractivity contribution in [3.05, 3.63) is 143 Å². The van der Waals surface area contributed by atoms with Crippen molar-refractivity contribution in [2.75, 3.05) is 0 Å². The Bertz CT molecular complexity index is 1830. The fraction of sp³-hybridized carbons (Fsp3) is 0.520. The van der Waals surface area contributed by atoms with Crippen LogP contribution in [0, 0.1) is 27.7 Å². The Balaban J connectivity index is 0. The smallest absolute Gasteiger partial charge is 0.103 e. The molecule has 1 N–H and O–H groups in total. The fourth-order valence-corrected chi connectivity index (χ4v) is 4.97. The molecule has 0 saturated carbocycles. The molecule has 6 aromatic heterocycles. The van der Waals surface area contributed by atoms with Crippen molar-refractivity contribution in [2.45, 2.75) is 161 Å². The highest BCUT2D eigenvalue weighted by molar-refractivity contribution is 5.17. The molecule has 59 heavy (non-hydrogen) atoms. The lowest BCUT2D eigenvalue weighted by Gasteiger charge is -2.03. The van der Waals surface area contributed by atoms with Crippen molar-refractivity contribution in [3.8, 4) is 0 Å². The lowest BCUT2D eigenvalue weighted by Crippen LogP contribution is -1.95. The van der Waals surface area contributed by atoms with Crippen LogP contribution in [0.4, 0.5) is 0 Å². The van der Waals surface area contributed by atoms with Crippen LogP contribution in [0.1, 0.15) is 190 Å². The van der Waals surface area contributed by atoms with E-state index in [1.54, 1.807) is 0 Å². The average Bonchev–Trinajstić information content (AvgIpc) is 3.91. The normalized spacial score (nSPS) is 10.2. The fourth-order valence-electron chi connectivity index (χ4n) is 4.97. The maximum atomic E-state index is 4.37. The quantitative estimate of drug-likeness (QED) is 0.180. The van der Waals surface area contributed by atoms with E-state index in [2.05, 4.69) is 162 Å². The molecule has 0 amide bonds. The zero-order chi connectivity index (χ0) is 43.2. The van der Waals surface area contributed by atoms with Crippen LogP contribution in [-0.2, 0) is 14.1 Å². The van der Waals surface area contributed by atoms with Gasteiger partial charge in [-0.1, -0.05) is 110 Å². The predicted molar refractivity (Wildman–Crippen MR) is 255 cm³/mol. The van der Waals surface area contributed by atoms with Crippen molar-refractivity contribution in [1.29, 1.82) is 0 Å². The number of nitrogens with zero attached hydrogens (tertiary/aromatic N) is 8. The zero-order valence-corrected chi connectivity index (χ0v) is 38.6. The molecule has 0 bridgehead atoms. The summed E-state index contributed by atoms with van der Waals surface area (Å²) in [6.07, 6.45) is 13.3. The van der Waals surface area contributed by atoms with Crippen molar-refractivity contribution in [2.24, 2.45) is 14.1 Å². The summed E-state index contributed by atoms with van der Waals surface area (Å²) in [6, 6.07) is 14.5. The molecule has 0 radical (unpaired) electrons. The first-order valence-corrected chi connectivity index (χ1v) is 20.5. The first kappa shape index (κ1) is 56.2. The first-order valence-electron chi connectivity index (χ1n) is 20.5. The van der Waals surface area contributed by atoms with E-state index in [0.29, 0.717) is 35.5 Å². The number of hydrogen-bond acceptors (Lipinski definition) is 6. The van der Waals surface area contributed by atoms with Crippen LogP contribution in [0.3, 0.4) is 0 Å². The van der Waals surface area contributed by atoms with E-state index in [-0.39, 0.29) is 14.9 Å². The molecule has 0 aliphatic rings. The lowest BCUT2D eigenvalue weighted by molar-refractivity contribution is 0.740. The van der Waals surface area contributed by atoms with Crippen LogP contribution < -0.4 is 0 Å². The summed E-state index contributed by atoms with van der Waals surface area (Å²) < 4.78 is 4.01. The molecule has 0 aromatic carbocycles. The number of imidazole rings is 3. The van der Waals surface area contributed by atoms with Crippen molar-refractivity contribution in [3.63, 3.8) is 0 Å². The van der Waals surface area contributed by atoms with E-state index in [1.807, 2.05) is 92.8 Å². The van der Waals surface area contributed by atoms with Crippen LogP contribution in [-0.4, -0.2) is 44.0 Å². The molecule has 6 heterocycles. The van der Waals surface area contributed by atoms with E-state index < -0.39 is 0 Å². The third-order valence-electron chi connectivity index (χ3n) is 8.66. The van der Waals surface area contributed by atoms with Crippen LogP contribution in [0.2, 0.25) is 0 Å². The van der Waals surface area contributed by atoms with Crippen molar-refractivity contribution in [1.82, 2.24) is 44.0 Å². The average molecular weight is 810 g/mol. The van der Waals surface area contributed by atoms with Gasteiger partial charge in [0.1, 0.15) is 5.82 Å². The minimum atomic E-state index is 0. The molecule has 9 nitrogen and oxygen atoms in total. The van der Waals surface area contributed by atoms with E-state index in [9.17, 15) is 0 Å². The second kappa shape index (κ2) is 29.3. The molecular formula is C50H83N9. The van der Waals surface area contributed by atoms with Crippen LogP contribution in [0.25, 0.3) is 0 Å². The minimum Gasteiger partial charge on any atom is -0.346 e. The Kier molecular flexibility index (Phi) is 27.9. The summed E-state index contributed by atoms with van der Waals surface area (Å²) in [5.41, 5.74) is 10.8. The van der Waals surface area contributed by atoms with Gasteiger partial charge in [-0.3, -0.25) is 15.0 Å². The van der Waals surface area contributed by atoms with Gasteiger partial charge < -0.3 is 14.1 Å². The SMILES string of the molecule is C.C.CC(C)c1cn(C)cn1.CC(C)c1cncn1C.Cc1ccc(C(C)C)nc1.Cc1cccc(C(C)C)n1.Cc1ccnc(C(C)C)c1.Cc1ncc(C(C)C)[nH]1. The van der Waals surface area contributed by atoms with Gasteiger partial charge in [0.25, 0.3) is 0 Å². The predicted octanol–water partition coefficient (Wildman–Crippen LogP) is 13.7. The summed E-state index contributed by atoms with van der Waals surface area (Å²) in [4.78, 5) is 28.3. The molecule has 0 spiro atoms. The first-order chi connectivity index (χ1) is 26.7. The standard InChI is InChI=1S/3C9H13N.3C7H12N2.2CH4/c1-7(2)9-6-8(3)4-5-10-9;1-7(2)9-5-4-8(3)6-10-9;1-7(2)9-6-4-5-8(3)10-9;1-6(2)7-4-9(3)5-8-7;1-6(2)7-4-8-5-9(7)3;1-5(2)7-4-8-6(3)9-7;;/h3*4-7H,1-3H3;2*4-6H,1-3H3;4-5H,1-3H3,(H,8,9);2*1H4. The summed E-state index contributed by atoms with van der Waals surface area (Å²) in [6.45, 7) is 33.9. The van der Waals surface area contributed by atoms with Gasteiger partial charge >= 0.3 is 0 Å². The molecule has 0 aliphatic carbocycles. The Labute approximate surface area is 361 Å². The summed E-state index contributed by atoms with van der Waals surface area (Å²) >= 11 is 0. The van der Waals surface area contributed by atoms with Gasteiger partial charge in [0.05, 0.1) is 18.3 Å². The summed E-state index contributed by atoms with van der Waals surface area (Å²) in [5, 5.41) is 0. The van der Waals surface area contributed by atoms with Gasteiger partial charge in [0.15, 0.2) is 0 Å². The Morgan fingerprint density at radius 1 is 0.525 bits per heavy atom. The molecular weight excluding hydrogens is 727 g/mol. The van der Waals surface area contributed by atoms with Gasteiger partial charge in [0, 0.05) is 79.2 Å². The molecule has 0 unspecified atom stereocenters. The monoisotopic (exact) mass is 810 g/mol. The molecule has 0 atom stereocenters. The van der Waals surface area contributed by atoms with Gasteiger partial charge in [-0.05, 0) is 105 Å². The second-order valence-electron chi connectivity index (χ2n) is 16.5. The zero-order valence-electron chi connectivity index (χ0n) is 38.6. The summed E-state index contributed by atoms with van der Waals surface area (Å²) in [7, 11) is 4.00. The third kappa shape index (κ3) is 23.3. The van der Waals surface area contributed by atoms with E-state index in [0.717, 1.165) is 17.2 Å². The van der Waals surface area contributed by atoms with Gasteiger partial charge in [-0.25, -0.2) is 15.0 Å². The molecule has 0 saturated heterocycles. The molecule has 9 heteroatoms. The highest BCUT2D eigenvalue weighted by atomic mass is 15.0. The minimum absolute atomic E-state index is 0. The van der Waals surface area contributed by atoms with Gasteiger partial charge in [0.2, 0.25) is 0 Å². The Morgan fingerprint density at radius 2 is 1.14 bits per heavy atom. The van der Waals surface area contributed by atoms with Crippen LogP contribution in [0.5, 0.6) is 0 Å². The number of H-pyrrole nitrogens is 1. The maximum Gasteiger partial charge on any atom is 0.103 e. The lowest BCUT2D eigenvalue weighted by atomic mass is 10.1. The number of nitrogens with one attached hydrogen (secondary N) is 1. The molecule has 6 aromatic rings. The number of hydrogen-bond donors (Lipinski definition) is 1. The number of rotatable bonds is 6. The van der Waals surface area contributed by atoms with E-state index in [4.69, 9.17) is 0 Å². The van der Waals surface area contributed by atoms with Crippen molar-refractivity contribution < 1.29 is 0 Å². The third-order valence-corrected chi connectivity index (χ3v) is 8.66. The number of aromatic nitrogens is 9. The highest BCUT2D eigenvalue weighted by Gasteiger charge is 2.03. The second-order valence-corrected chi connectivity index (χ2v) is 16.5.